The van der Waals surface area contributed by atoms with Crippen molar-refractivity contribution in [3.05, 3.63) is 47.0 Å². The van der Waals surface area contributed by atoms with Crippen molar-refractivity contribution >= 4 is 28.4 Å². The average Bonchev–Trinajstić information content (AvgIpc) is 2.92. The smallest absolute Gasteiger partial charge is 0.227 e. The molecule has 0 aliphatic heterocycles. The van der Waals surface area contributed by atoms with Crippen LogP contribution in [0.1, 0.15) is 31.7 Å². The van der Waals surface area contributed by atoms with Crippen LogP contribution in [0.4, 0.5) is 5.69 Å². The fraction of sp³-hybridized carbons (Fsp3) is 0.235. The Labute approximate surface area is 128 Å². The van der Waals surface area contributed by atoms with Crippen LogP contribution in [0.3, 0.4) is 0 Å². The van der Waals surface area contributed by atoms with Gasteiger partial charge in [0, 0.05) is 5.56 Å². The standard InChI is InChI=1S/C17H17ClN2O/c1-3-10(2)11-5-7-16-15(9-11)20-17(21-16)12-4-6-13(18)14(19)8-12/h4-10H,3,19H2,1-2H3. The molecular weight excluding hydrogens is 284 g/mol. The van der Waals surface area contributed by atoms with Gasteiger partial charge in [0.1, 0.15) is 5.52 Å². The maximum absolute atomic E-state index is 5.94. The first-order valence-corrected chi connectivity index (χ1v) is 7.42. The molecule has 0 amide bonds. The molecule has 0 saturated carbocycles. The van der Waals surface area contributed by atoms with Crippen molar-refractivity contribution in [3.8, 4) is 11.5 Å². The molecule has 21 heavy (non-hydrogen) atoms. The lowest BCUT2D eigenvalue weighted by Crippen LogP contribution is -1.90. The van der Waals surface area contributed by atoms with Gasteiger partial charge in [0.15, 0.2) is 5.58 Å². The first-order valence-electron chi connectivity index (χ1n) is 7.04. The molecule has 3 aromatic rings. The van der Waals surface area contributed by atoms with Crippen molar-refractivity contribution < 1.29 is 4.42 Å². The fourth-order valence-corrected chi connectivity index (χ4v) is 2.40. The van der Waals surface area contributed by atoms with Gasteiger partial charge in [0.05, 0.1) is 10.7 Å². The summed E-state index contributed by atoms with van der Waals surface area (Å²) in [5.41, 5.74) is 10.1. The Balaban J connectivity index is 2.06. The number of benzene rings is 2. The van der Waals surface area contributed by atoms with E-state index in [0.717, 1.165) is 23.1 Å². The molecule has 0 aliphatic rings. The number of halogens is 1. The van der Waals surface area contributed by atoms with E-state index in [2.05, 4.69) is 31.0 Å². The van der Waals surface area contributed by atoms with E-state index in [1.165, 1.54) is 5.56 Å². The molecule has 0 saturated heterocycles. The third-order valence-corrected chi connectivity index (χ3v) is 4.18. The number of hydrogen-bond acceptors (Lipinski definition) is 3. The highest BCUT2D eigenvalue weighted by molar-refractivity contribution is 6.33. The van der Waals surface area contributed by atoms with E-state index in [9.17, 15) is 0 Å². The second-order valence-electron chi connectivity index (χ2n) is 5.29. The number of rotatable bonds is 3. The van der Waals surface area contributed by atoms with Crippen molar-refractivity contribution in [1.82, 2.24) is 4.98 Å². The van der Waals surface area contributed by atoms with Gasteiger partial charge in [-0.05, 0) is 48.2 Å². The summed E-state index contributed by atoms with van der Waals surface area (Å²) in [6.45, 7) is 4.39. The number of hydrogen-bond donors (Lipinski definition) is 1. The summed E-state index contributed by atoms with van der Waals surface area (Å²) in [4.78, 5) is 4.57. The van der Waals surface area contributed by atoms with Crippen LogP contribution in [-0.4, -0.2) is 4.98 Å². The molecule has 1 unspecified atom stereocenters. The van der Waals surface area contributed by atoms with Gasteiger partial charge in [0.2, 0.25) is 5.89 Å². The lowest BCUT2D eigenvalue weighted by atomic mass is 9.98. The van der Waals surface area contributed by atoms with Crippen LogP contribution in [0.15, 0.2) is 40.8 Å². The molecule has 3 rings (SSSR count). The van der Waals surface area contributed by atoms with Gasteiger partial charge in [-0.3, -0.25) is 0 Å². The van der Waals surface area contributed by atoms with Gasteiger partial charge in [-0.15, -0.1) is 0 Å². The molecule has 1 aromatic heterocycles. The third kappa shape index (κ3) is 2.61. The van der Waals surface area contributed by atoms with Crippen LogP contribution in [0.2, 0.25) is 5.02 Å². The summed E-state index contributed by atoms with van der Waals surface area (Å²) < 4.78 is 5.81. The molecule has 0 radical (unpaired) electrons. The minimum absolute atomic E-state index is 0.515. The van der Waals surface area contributed by atoms with Crippen molar-refractivity contribution in [3.63, 3.8) is 0 Å². The number of nitrogens with zero attached hydrogens (tertiary/aromatic N) is 1. The quantitative estimate of drug-likeness (QED) is 0.673. The van der Waals surface area contributed by atoms with Crippen LogP contribution >= 0.6 is 11.6 Å². The van der Waals surface area contributed by atoms with Gasteiger partial charge in [-0.1, -0.05) is 31.5 Å². The largest absolute Gasteiger partial charge is 0.436 e. The van der Waals surface area contributed by atoms with Crippen LogP contribution in [0.5, 0.6) is 0 Å². The highest BCUT2D eigenvalue weighted by atomic mass is 35.5. The maximum Gasteiger partial charge on any atom is 0.227 e. The molecule has 1 atom stereocenters. The summed E-state index contributed by atoms with van der Waals surface area (Å²) >= 11 is 5.94. The normalized spacial score (nSPS) is 12.7. The van der Waals surface area contributed by atoms with E-state index < -0.39 is 0 Å². The molecule has 2 aromatic carbocycles. The predicted molar refractivity (Wildman–Crippen MR) is 87.6 cm³/mol. The van der Waals surface area contributed by atoms with Crippen molar-refractivity contribution in [1.29, 1.82) is 0 Å². The zero-order valence-corrected chi connectivity index (χ0v) is 12.8. The Morgan fingerprint density at radius 3 is 2.76 bits per heavy atom. The number of fused-ring (bicyclic) bond motifs is 1. The highest BCUT2D eigenvalue weighted by Gasteiger charge is 2.11. The second kappa shape index (κ2) is 5.41. The molecule has 0 spiro atoms. The van der Waals surface area contributed by atoms with Gasteiger partial charge in [-0.25, -0.2) is 4.98 Å². The van der Waals surface area contributed by atoms with E-state index in [0.29, 0.717) is 22.5 Å². The summed E-state index contributed by atoms with van der Waals surface area (Å²) in [6, 6.07) is 11.6. The Bertz CT molecular complexity index is 795. The van der Waals surface area contributed by atoms with E-state index in [4.69, 9.17) is 21.8 Å². The minimum Gasteiger partial charge on any atom is -0.436 e. The molecule has 0 fully saturated rings. The molecule has 0 bridgehead atoms. The Morgan fingerprint density at radius 2 is 2.05 bits per heavy atom. The molecule has 2 N–H and O–H groups in total. The Kier molecular flexibility index (Phi) is 3.60. The second-order valence-corrected chi connectivity index (χ2v) is 5.70. The van der Waals surface area contributed by atoms with E-state index in [1.54, 1.807) is 12.1 Å². The lowest BCUT2D eigenvalue weighted by molar-refractivity contribution is 0.619. The van der Waals surface area contributed by atoms with Crippen LogP contribution in [0.25, 0.3) is 22.6 Å². The zero-order valence-electron chi connectivity index (χ0n) is 12.1. The minimum atomic E-state index is 0.515. The number of aromatic nitrogens is 1. The summed E-state index contributed by atoms with van der Waals surface area (Å²) in [6.07, 6.45) is 1.10. The van der Waals surface area contributed by atoms with Crippen LogP contribution < -0.4 is 5.73 Å². The van der Waals surface area contributed by atoms with Crippen LogP contribution in [-0.2, 0) is 0 Å². The lowest BCUT2D eigenvalue weighted by Gasteiger charge is -2.07. The third-order valence-electron chi connectivity index (χ3n) is 3.84. The summed E-state index contributed by atoms with van der Waals surface area (Å²) in [5.74, 6) is 1.08. The summed E-state index contributed by atoms with van der Waals surface area (Å²) in [7, 11) is 0. The molecule has 3 nitrogen and oxygen atoms in total. The number of anilines is 1. The van der Waals surface area contributed by atoms with Crippen LogP contribution in [0, 0.1) is 0 Å². The topological polar surface area (TPSA) is 52.0 Å². The monoisotopic (exact) mass is 300 g/mol. The van der Waals surface area contributed by atoms with Crippen molar-refractivity contribution in [2.75, 3.05) is 5.73 Å². The van der Waals surface area contributed by atoms with Crippen molar-refractivity contribution in [2.45, 2.75) is 26.2 Å². The molecular formula is C17H17ClN2O. The molecule has 0 aliphatic carbocycles. The van der Waals surface area contributed by atoms with Crippen molar-refractivity contribution in [2.24, 2.45) is 0 Å². The van der Waals surface area contributed by atoms with Gasteiger partial charge >= 0.3 is 0 Å². The first kappa shape index (κ1) is 14.0. The Hall–Kier alpha value is -2.00. The molecule has 4 heteroatoms. The predicted octanol–water partition coefficient (Wildman–Crippen LogP) is 5.24. The fourth-order valence-electron chi connectivity index (χ4n) is 2.29. The SMILES string of the molecule is CCC(C)c1ccc2oc(-c3ccc(Cl)c(N)c3)nc2c1. The number of oxazole rings is 1. The Morgan fingerprint density at radius 1 is 1.24 bits per heavy atom. The average molecular weight is 301 g/mol. The molecule has 1 heterocycles. The number of nitrogens with two attached hydrogens (primary N) is 1. The zero-order chi connectivity index (χ0) is 15.0. The first-order chi connectivity index (χ1) is 10.1. The summed E-state index contributed by atoms with van der Waals surface area (Å²) in [5, 5.41) is 0.536. The number of nitrogen functional groups attached to an aromatic ring is 1. The van der Waals surface area contributed by atoms with E-state index in [-0.39, 0.29) is 0 Å². The van der Waals surface area contributed by atoms with Gasteiger partial charge < -0.3 is 10.2 Å². The van der Waals surface area contributed by atoms with Gasteiger partial charge in [0.25, 0.3) is 0 Å². The van der Waals surface area contributed by atoms with E-state index >= 15 is 0 Å². The maximum atomic E-state index is 5.94. The molecule has 108 valence electrons. The van der Waals surface area contributed by atoms with Gasteiger partial charge in [-0.2, -0.15) is 0 Å². The highest BCUT2D eigenvalue weighted by Crippen LogP contribution is 2.30. The van der Waals surface area contributed by atoms with E-state index in [1.807, 2.05) is 12.1 Å².